The number of rotatable bonds is 7. The number of ether oxygens (including phenoxy) is 1. The molecule has 1 N–H and O–H groups in total. The number of hydrogen-bond acceptors (Lipinski definition) is 5. The van der Waals surface area contributed by atoms with Crippen LogP contribution < -0.4 is 10.1 Å². The van der Waals surface area contributed by atoms with E-state index in [1.165, 1.54) is 6.92 Å². The third-order valence-electron chi connectivity index (χ3n) is 4.94. The van der Waals surface area contributed by atoms with Crippen molar-refractivity contribution in [1.29, 1.82) is 0 Å². The highest BCUT2D eigenvalue weighted by Gasteiger charge is 2.12. The van der Waals surface area contributed by atoms with Crippen molar-refractivity contribution in [2.24, 2.45) is 0 Å². The topological polar surface area (TPSA) is 64.1 Å². The van der Waals surface area contributed by atoms with Crippen molar-refractivity contribution in [3.63, 3.8) is 0 Å². The van der Waals surface area contributed by atoms with Gasteiger partial charge in [-0.1, -0.05) is 72.9 Å². The minimum atomic E-state index is -0.352. The van der Waals surface area contributed by atoms with Crippen molar-refractivity contribution in [2.45, 2.75) is 19.8 Å². The Balaban J connectivity index is 1.60. The zero-order chi connectivity index (χ0) is 23.0. The van der Waals surface area contributed by atoms with Gasteiger partial charge < -0.3 is 10.1 Å². The van der Waals surface area contributed by atoms with E-state index in [0.717, 1.165) is 28.1 Å². The van der Waals surface area contributed by atoms with E-state index in [1.807, 2.05) is 60.7 Å². The number of benzene rings is 3. The summed E-state index contributed by atoms with van der Waals surface area (Å²) in [5.41, 5.74) is 4.68. The molecule has 0 bridgehead atoms. The summed E-state index contributed by atoms with van der Waals surface area (Å²) in [6.07, 6.45) is 2.97. The van der Waals surface area contributed by atoms with Gasteiger partial charge >= 0.3 is 5.97 Å². The summed E-state index contributed by atoms with van der Waals surface area (Å²) in [5, 5.41) is 3.29. The third kappa shape index (κ3) is 6.30. The first-order valence-electron chi connectivity index (χ1n) is 10.6. The molecule has 0 amide bonds. The number of esters is 1. The maximum atomic E-state index is 11.2. The second-order valence-corrected chi connectivity index (χ2v) is 8.03. The highest BCUT2D eigenvalue weighted by molar-refractivity contribution is 7.80. The van der Waals surface area contributed by atoms with Gasteiger partial charge in [0.2, 0.25) is 0 Å². The first kappa shape index (κ1) is 22.3. The molecule has 1 heterocycles. The molecule has 1 aromatic heterocycles. The molecule has 0 saturated carbocycles. The minimum absolute atomic E-state index is 0.352. The molecule has 0 radical (unpaired) electrons. The summed E-state index contributed by atoms with van der Waals surface area (Å²) in [5.74, 6) is 0.794. The predicted molar refractivity (Wildman–Crippen MR) is 134 cm³/mol. The van der Waals surface area contributed by atoms with Crippen LogP contribution in [0.4, 0.5) is 5.82 Å². The molecule has 6 heteroatoms. The molecule has 4 aromatic rings. The van der Waals surface area contributed by atoms with E-state index in [4.69, 9.17) is 21.9 Å². The van der Waals surface area contributed by atoms with Crippen molar-refractivity contribution < 1.29 is 9.53 Å². The smallest absolute Gasteiger partial charge is 0.308 e. The van der Waals surface area contributed by atoms with Crippen LogP contribution in [0.2, 0.25) is 0 Å². The Morgan fingerprint density at radius 1 is 0.909 bits per heavy atom. The van der Waals surface area contributed by atoms with Crippen LogP contribution >= 0.6 is 12.2 Å². The van der Waals surface area contributed by atoms with Crippen LogP contribution in [0.1, 0.15) is 23.7 Å². The maximum Gasteiger partial charge on any atom is 0.308 e. The Bertz CT molecular complexity index is 1240. The molecule has 0 aliphatic rings. The molecular weight excluding hydrogens is 430 g/mol. The molecule has 0 saturated heterocycles. The third-order valence-corrected chi connectivity index (χ3v) is 5.18. The highest BCUT2D eigenvalue weighted by Crippen LogP contribution is 2.24. The number of carbonyl (C=O) groups is 1. The number of carbonyl (C=O) groups excluding carboxylic acids is 1. The monoisotopic (exact) mass is 453 g/mol. The average molecular weight is 454 g/mol. The van der Waals surface area contributed by atoms with E-state index in [0.29, 0.717) is 29.4 Å². The van der Waals surface area contributed by atoms with Gasteiger partial charge in [-0.15, -0.1) is 0 Å². The number of nitrogens with one attached hydrogen (secondary N) is 1. The minimum Gasteiger partial charge on any atom is -0.427 e. The Labute approximate surface area is 198 Å². The first-order valence-corrected chi connectivity index (χ1v) is 11.0. The molecule has 0 aliphatic carbocycles. The molecule has 0 unspecified atom stereocenters. The molecular formula is C27H23N3O2S. The van der Waals surface area contributed by atoms with Crippen LogP contribution in [0, 0.1) is 0 Å². The Kier molecular flexibility index (Phi) is 7.17. The molecule has 164 valence electrons. The van der Waals surface area contributed by atoms with Crippen molar-refractivity contribution >= 4 is 29.0 Å². The molecule has 33 heavy (non-hydrogen) atoms. The standard InChI is InChI=1S/C27H23N3O2S/c1-19(31)32-23-14-12-22(13-15-23)25-18-28-27(24(29-25)16-20-8-4-2-5-9-20)30-26(33)17-21-10-6-3-7-11-21/h2-15,18H,16-17H2,1H3,(H,28,30,33). The Morgan fingerprint density at radius 3 is 2.18 bits per heavy atom. The molecule has 0 fully saturated rings. The molecule has 3 aromatic carbocycles. The predicted octanol–water partition coefficient (Wildman–Crippen LogP) is 5.64. The van der Waals surface area contributed by atoms with E-state index < -0.39 is 0 Å². The van der Waals surface area contributed by atoms with E-state index in [-0.39, 0.29) is 5.97 Å². The lowest BCUT2D eigenvalue weighted by Crippen LogP contribution is -2.16. The summed E-state index contributed by atoms with van der Waals surface area (Å²) in [6, 6.07) is 27.4. The molecule has 0 aliphatic heterocycles. The van der Waals surface area contributed by atoms with E-state index in [9.17, 15) is 4.79 Å². The van der Waals surface area contributed by atoms with E-state index >= 15 is 0 Å². The van der Waals surface area contributed by atoms with Gasteiger partial charge in [-0.05, 0) is 35.4 Å². The lowest BCUT2D eigenvalue weighted by Gasteiger charge is -2.13. The SMILES string of the molecule is CC(=O)Oc1ccc(-c2cnc(NC(=S)Cc3ccccc3)c(Cc3ccccc3)n2)cc1. The summed E-state index contributed by atoms with van der Waals surface area (Å²) in [7, 11) is 0. The fourth-order valence-electron chi connectivity index (χ4n) is 3.40. The summed E-state index contributed by atoms with van der Waals surface area (Å²) >= 11 is 5.60. The van der Waals surface area contributed by atoms with Crippen LogP contribution in [-0.2, 0) is 17.6 Å². The second kappa shape index (κ2) is 10.6. The van der Waals surface area contributed by atoms with Crippen molar-refractivity contribution in [3.05, 3.63) is 108 Å². The van der Waals surface area contributed by atoms with Crippen LogP contribution in [0.5, 0.6) is 5.75 Å². The van der Waals surface area contributed by atoms with E-state index in [1.54, 1.807) is 18.3 Å². The van der Waals surface area contributed by atoms with E-state index in [2.05, 4.69) is 22.4 Å². The maximum absolute atomic E-state index is 11.2. The lowest BCUT2D eigenvalue weighted by atomic mass is 10.1. The summed E-state index contributed by atoms with van der Waals surface area (Å²) < 4.78 is 5.12. The normalized spacial score (nSPS) is 10.5. The van der Waals surface area contributed by atoms with Gasteiger partial charge in [0.15, 0.2) is 5.82 Å². The molecule has 0 atom stereocenters. The highest BCUT2D eigenvalue weighted by atomic mass is 32.1. The fraction of sp³-hybridized carbons (Fsp3) is 0.111. The number of aromatic nitrogens is 2. The van der Waals surface area contributed by atoms with Crippen LogP contribution in [0.15, 0.2) is 91.1 Å². The Hall–Kier alpha value is -3.90. The average Bonchev–Trinajstić information content (AvgIpc) is 2.82. The molecule has 4 rings (SSSR count). The van der Waals surface area contributed by atoms with Crippen LogP contribution in [-0.4, -0.2) is 20.9 Å². The van der Waals surface area contributed by atoms with Gasteiger partial charge in [-0.2, -0.15) is 0 Å². The fourth-order valence-corrected chi connectivity index (χ4v) is 3.66. The van der Waals surface area contributed by atoms with Crippen LogP contribution in [0.3, 0.4) is 0 Å². The number of hydrogen-bond donors (Lipinski definition) is 1. The number of thiocarbonyl (C=S) groups is 1. The van der Waals surface area contributed by atoms with Crippen LogP contribution in [0.25, 0.3) is 11.3 Å². The first-order chi connectivity index (χ1) is 16.1. The quantitative estimate of drug-likeness (QED) is 0.222. The zero-order valence-corrected chi connectivity index (χ0v) is 19.0. The van der Waals surface area contributed by atoms with Gasteiger partial charge in [0.25, 0.3) is 0 Å². The van der Waals surface area contributed by atoms with Gasteiger partial charge in [0.1, 0.15) is 5.75 Å². The van der Waals surface area contributed by atoms with Gasteiger partial charge in [-0.3, -0.25) is 4.79 Å². The molecule has 0 spiro atoms. The zero-order valence-electron chi connectivity index (χ0n) is 18.2. The van der Waals surface area contributed by atoms with Gasteiger partial charge in [-0.25, -0.2) is 9.97 Å². The van der Waals surface area contributed by atoms with Crippen molar-refractivity contribution in [2.75, 3.05) is 5.32 Å². The van der Waals surface area contributed by atoms with Gasteiger partial charge in [0.05, 0.1) is 22.6 Å². The largest absolute Gasteiger partial charge is 0.427 e. The second-order valence-electron chi connectivity index (χ2n) is 7.54. The van der Waals surface area contributed by atoms with Crippen molar-refractivity contribution in [1.82, 2.24) is 9.97 Å². The number of anilines is 1. The lowest BCUT2D eigenvalue weighted by molar-refractivity contribution is -0.131. The summed E-state index contributed by atoms with van der Waals surface area (Å²) in [4.78, 5) is 21.4. The summed E-state index contributed by atoms with van der Waals surface area (Å²) in [6.45, 7) is 1.38. The number of nitrogens with zero attached hydrogens (tertiary/aromatic N) is 2. The van der Waals surface area contributed by atoms with Gasteiger partial charge in [0, 0.05) is 25.3 Å². The Morgan fingerprint density at radius 2 is 1.55 bits per heavy atom. The molecule has 5 nitrogen and oxygen atoms in total. The van der Waals surface area contributed by atoms with Crippen molar-refractivity contribution in [3.8, 4) is 17.0 Å².